The number of carbonyl (C=O) groups is 1. The van der Waals surface area contributed by atoms with Crippen molar-refractivity contribution < 1.29 is 26.7 Å². The first-order valence-electron chi connectivity index (χ1n) is 6.98. The second-order valence-electron chi connectivity index (χ2n) is 5.65. The number of carbonyl (C=O) groups excluding carboxylic acids is 1. The van der Waals surface area contributed by atoms with E-state index in [-0.39, 0.29) is 12.1 Å². The topological polar surface area (TPSA) is 20.3 Å². The number of halogens is 5. The van der Waals surface area contributed by atoms with Crippen molar-refractivity contribution in [2.45, 2.75) is 31.9 Å². The standard InChI is InChI=1S/C15H16F5NO/c1-9-5-6-10(11-3-2-4-12(16)13(11)17)7-21(14(9)22)8-15(18,19)20/h2-4,9-10H,5-8H2,1H3/t9-,10?/m0/s1. The molecule has 1 fully saturated rings. The molecule has 0 aliphatic carbocycles. The maximum atomic E-state index is 13.9. The zero-order valence-electron chi connectivity index (χ0n) is 12.0. The van der Waals surface area contributed by atoms with Crippen molar-refractivity contribution >= 4 is 5.91 Å². The van der Waals surface area contributed by atoms with Crippen molar-refractivity contribution in [1.82, 2.24) is 4.90 Å². The smallest absolute Gasteiger partial charge is 0.333 e. The highest BCUT2D eigenvalue weighted by atomic mass is 19.4. The lowest BCUT2D eigenvalue weighted by Crippen LogP contribution is -2.42. The molecule has 122 valence electrons. The summed E-state index contributed by atoms with van der Waals surface area (Å²) in [7, 11) is 0. The van der Waals surface area contributed by atoms with E-state index in [2.05, 4.69) is 0 Å². The second kappa shape index (κ2) is 6.22. The van der Waals surface area contributed by atoms with Crippen molar-refractivity contribution in [1.29, 1.82) is 0 Å². The van der Waals surface area contributed by atoms with Crippen LogP contribution < -0.4 is 0 Å². The van der Waals surface area contributed by atoms with Crippen LogP contribution in [0.1, 0.15) is 31.2 Å². The van der Waals surface area contributed by atoms with Gasteiger partial charge >= 0.3 is 6.18 Å². The number of amides is 1. The van der Waals surface area contributed by atoms with Gasteiger partial charge in [-0.1, -0.05) is 19.1 Å². The summed E-state index contributed by atoms with van der Waals surface area (Å²) in [6, 6.07) is 3.63. The fourth-order valence-corrected chi connectivity index (χ4v) is 2.78. The number of alkyl halides is 3. The molecule has 0 aromatic heterocycles. The molecule has 0 bridgehead atoms. The lowest BCUT2D eigenvalue weighted by atomic mass is 9.92. The lowest BCUT2D eigenvalue weighted by molar-refractivity contribution is -0.163. The summed E-state index contributed by atoms with van der Waals surface area (Å²) in [5.74, 6) is -3.91. The van der Waals surface area contributed by atoms with Crippen molar-refractivity contribution in [3.8, 4) is 0 Å². The Labute approximate surface area is 124 Å². The van der Waals surface area contributed by atoms with Gasteiger partial charge in [0.1, 0.15) is 6.54 Å². The zero-order chi connectivity index (χ0) is 16.5. The second-order valence-corrected chi connectivity index (χ2v) is 5.65. The molecule has 1 aliphatic heterocycles. The van der Waals surface area contributed by atoms with Crippen LogP contribution >= 0.6 is 0 Å². The van der Waals surface area contributed by atoms with E-state index >= 15 is 0 Å². The summed E-state index contributed by atoms with van der Waals surface area (Å²) in [6.45, 7) is -0.0807. The van der Waals surface area contributed by atoms with Crippen molar-refractivity contribution in [2.75, 3.05) is 13.1 Å². The quantitative estimate of drug-likeness (QED) is 0.757. The van der Waals surface area contributed by atoms with Gasteiger partial charge in [-0.15, -0.1) is 0 Å². The van der Waals surface area contributed by atoms with Gasteiger partial charge in [0.05, 0.1) is 0 Å². The molecule has 1 saturated heterocycles. The Bertz CT molecular complexity index is 557. The van der Waals surface area contributed by atoms with Gasteiger partial charge in [0.15, 0.2) is 11.6 Å². The fourth-order valence-electron chi connectivity index (χ4n) is 2.78. The average molecular weight is 321 g/mol. The predicted molar refractivity (Wildman–Crippen MR) is 70.1 cm³/mol. The van der Waals surface area contributed by atoms with Crippen LogP contribution in [0.15, 0.2) is 18.2 Å². The number of rotatable bonds is 2. The van der Waals surface area contributed by atoms with E-state index in [1.54, 1.807) is 6.92 Å². The summed E-state index contributed by atoms with van der Waals surface area (Å²) < 4.78 is 65.1. The number of hydrogen-bond donors (Lipinski definition) is 0. The van der Waals surface area contributed by atoms with E-state index in [1.807, 2.05) is 0 Å². The third-order valence-electron chi connectivity index (χ3n) is 3.91. The molecule has 7 heteroatoms. The Morgan fingerprint density at radius 2 is 1.91 bits per heavy atom. The molecule has 0 radical (unpaired) electrons. The van der Waals surface area contributed by atoms with E-state index in [9.17, 15) is 26.7 Å². The van der Waals surface area contributed by atoms with Gasteiger partial charge in [-0.25, -0.2) is 8.78 Å². The maximum absolute atomic E-state index is 13.9. The van der Waals surface area contributed by atoms with Crippen LogP contribution in [0.25, 0.3) is 0 Å². The van der Waals surface area contributed by atoms with Crippen LogP contribution in [0.3, 0.4) is 0 Å². The molecule has 1 aliphatic rings. The van der Waals surface area contributed by atoms with Crippen LogP contribution in [0, 0.1) is 17.6 Å². The molecule has 2 rings (SSSR count). The minimum Gasteiger partial charge on any atom is -0.333 e. The fraction of sp³-hybridized carbons (Fsp3) is 0.533. The SMILES string of the molecule is C[C@H]1CCC(c2cccc(F)c2F)CN(CC(F)(F)F)C1=O. The number of likely N-dealkylation sites (tertiary alicyclic amines) is 1. The minimum atomic E-state index is -4.52. The third-order valence-corrected chi connectivity index (χ3v) is 3.91. The van der Waals surface area contributed by atoms with Gasteiger partial charge in [0.25, 0.3) is 0 Å². The molecule has 0 N–H and O–H groups in total. The van der Waals surface area contributed by atoms with Crippen LogP contribution in [0.4, 0.5) is 22.0 Å². The molecular weight excluding hydrogens is 305 g/mol. The van der Waals surface area contributed by atoms with Crippen molar-refractivity contribution in [3.05, 3.63) is 35.4 Å². The molecule has 1 aromatic rings. The number of benzene rings is 1. The van der Waals surface area contributed by atoms with Gasteiger partial charge in [-0.3, -0.25) is 4.79 Å². The van der Waals surface area contributed by atoms with Gasteiger partial charge in [0, 0.05) is 18.4 Å². The van der Waals surface area contributed by atoms with E-state index in [1.165, 1.54) is 12.1 Å². The van der Waals surface area contributed by atoms with Crippen molar-refractivity contribution in [3.63, 3.8) is 0 Å². The van der Waals surface area contributed by atoms with Gasteiger partial charge in [-0.05, 0) is 24.5 Å². The van der Waals surface area contributed by atoms with Crippen LogP contribution in [-0.2, 0) is 4.79 Å². The van der Waals surface area contributed by atoms with E-state index in [0.29, 0.717) is 17.7 Å². The number of hydrogen-bond acceptors (Lipinski definition) is 1. The molecule has 0 saturated carbocycles. The average Bonchev–Trinajstić information content (AvgIpc) is 2.54. The highest BCUT2D eigenvalue weighted by molar-refractivity contribution is 5.79. The van der Waals surface area contributed by atoms with Crippen LogP contribution in [-0.4, -0.2) is 30.1 Å². The Kier molecular flexibility index (Phi) is 4.72. The first kappa shape index (κ1) is 16.7. The van der Waals surface area contributed by atoms with E-state index in [0.717, 1.165) is 6.07 Å². The first-order valence-corrected chi connectivity index (χ1v) is 6.98. The molecule has 1 heterocycles. The number of nitrogens with zero attached hydrogens (tertiary/aromatic N) is 1. The normalized spacial score (nSPS) is 23.5. The lowest BCUT2D eigenvalue weighted by Gasteiger charge is -2.27. The van der Waals surface area contributed by atoms with E-state index in [4.69, 9.17) is 0 Å². The van der Waals surface area contributed by atoms with E-state index < -0.39 is 42.1 Å². The monoisotopic (exact) mass is 321 g/mol. The molecular formula is C15H16F5NO. The predicted octanol–water partition coefficient (Wildman–Crippen LogP) is 3.87. The van der Waals surface area contributed by atoms with Crippen LogP contribution in [0.5, 0.6) is 0 Å². The largest absolute Gasteiger partial charge is 0.406 e. The minimum absolute atomic E-state index is 0.0223. The Morgan fingerprint density at radius 3 is 2.55 bits per heavy atom. The van der Waals surface area contributed by atoms with Crippen molar-refractivity contribution in [2.24, 2.45) is 5.92 Å². The summed E-state index contributed by atoms with van der Waals surface area (Å²) in [5, 5.41) is 0. The molecule has 2 atom stereocenters. The van der Waals surface area contributed by atoms with Gasteiger partial charge in [0.2, 0.25) is 5.91 Å². The molecule has 1 aromatic carbocycles. The molecule has 1 amide bonds. The Morgan fingerprint density at radius 1 is 1.23 bits per heavy atom. The summed E-state index contributed by atoms with van der Waals surface area (Å²) in [4.78, 5) is 12.7. The highest BCUT2D eigenvalue weighted by Gasteiger charge is 2.38. The summed E-state index contributed by atoms with van der Waals surface area (Å²) in [5.41, 5.74) is 0.0223. The molecule has 2 nitrogen and oxygen atoms in total. The highest BCUT2D eigenvalue weighted by Crippen LogP contribution is 2.32. The zero-order valence-corrected chi connectivity index (χ0v) is 12.0. The molecule has 22 heavy (non-hydrogen) atoms. The van der Waals surface area contributed by atoms with Gasteiger partial charge in [-0.2, -0.15) is 13.2 Å². The summed E-state index contributed by atoms with van der Waals surface area (Å²) >= 11 is 0. The Hall–Kier alpha value is -1.66. The Balaban J connectivity index is 2.29. The maximum Gasteiger partial charge on any atom is 0.406 e. The first-order chi connectivity index (χ1) is 10.2. The molecule has 0 spiro atoms. The molecule has 1 unspecified atom stereocenters. The van der Waals surface area contributed by atoms with Gasteiger partial charge < -0.3 is 4.90 Å². The van der Waals surface area contributed by atoms with Crippen LogP contribution in [0.2, 0.25) is 0 Å². The summed E-state index contributed by atoms with van der Waals surface area (Å²) in [6.07, 6.45) is -3.85. The third kappa shape index (κ3) is 3.75.